The first-order valence-electron chi connectivity index (χ1n) is 9.98. The molecule has 2 rings (SSSR count). The predicted molar refractivity (Wildman–Crippen MR) is 114 cm³/mol. The van der Waals surface area contributed by atoms with Gasteiger partial charge in [0, 0.05) is 0 Å². The Morgan fingerprint density at radius 1 is 1.19 bits per heavy atom. The quantitative estimate of drug-likeness (QED) is 0.513. The first kappa shape index (κ1) is 23.9. The summed E-state index contributed by atoms with van der Waals surface area (Å²) in [4.78, 5) is 48.2. The first-order valence-corrected chi connectivity index (χ1v) is 9.98. The standard InChI is InChI=1S/C22H28N2O7/c1-6-12(3)20(21(27)28)24-18(26)10-23-17(25)9-14-13(4)19-15(30-5)7-11(2)8-16(19)31-22(14)29/h7-8,12,20H,6,9-10H2,1-5H3,(H,23,25)(H,24,26)(H,27,28)/t12-,20+/m1/s1. The van der Waals surface area contributed by atoms with Crippen molar-refractivity contribution in [3.05, 3.63) is 39.2 Å². The fourth-order valence-corrected chi connectivity index (χ4v) is 3.31. The minimum atomic E-state index is -1.14. The average molecular weight is 432 g/mol. The number of aryl methyl sites for hydroxylation is 2. The van der Waals surface area contributed by atoms with Crippen LogP contribution in [0.1, 0.15) is 37.0 Å². The number of nitrogens with one attached hydrogen (secondary N) is 2. The number of methoxy groups -OCH3 is 1. The molecule has 0 unspecified atom stereocenters. The van der Waals surface area contributed by atoms with Gasteiger partial charge < -0.3 is 24.9 Å². The van der Waals surface area contributed by atoms with E-state index in [0.717, 1.165) is 5.56 Å². The van der Waals surface area contributed by atoms with E-state index in [9.17, 15) is 24.3 Å². The average Bonchev–Trinajstić information content (AvgIpc) is 2.71. The summed E-state index contributed by atoms with van der Waals surface area (Å²) in [7, 11) is 1.51. The molecule has 0 aliphatic rings. The topological polar surface area (TPSA) is 135 Å². The minimum absolute atomic E-state index is 0.163. The van der Waals surface area contributed by atoms with Crippen molar-refractivity contribution in [1.82, 2.24) is 10.6 Å². The smallest absolute Gasteiger partial charge is 0.340 e. The molecular formula is C22H28N2O7. The van der Waals surface area contributed by atoms with Gasteiger partial charge in [-0.2, -0.15) is 0 Å². The van der Waals surface area contributed by atoms with Crippen molar-refractivity contribution in [3.63, 3.8) is 0 Å². The number of rotatable bonds is 9. The molecule has 2 amide bonds. The maximum atomic E-state index is 12.4. The Bertz CT molecular complexity index is 1060. The van der Waals surface area contributed by atoms with Gasteiger partial charge in [-0.25, -0.2) is 9.59 Å². The van der Waals surface area contributed by atoms with Crippen molar-refractivity contribution in [2.45, 2.75) is 46.6 Å². The van der Waals surface area contributed by atoms with Crippen LogP contribution in [0.4, 0.5) is 0 Å². The molecular weight excluding hydrogens is 404 g/mol. The van der Waals surface area contributed by atoms with Crippen LogP contribution >= 0.6 is 0 Å². The second kappa shape index (κ2) is 10.1. The number of benzene rings is 1. The molecule has 0 spiro atoms. The Hall–Kier alpha value is -3.36. The van der Waals surface area contributed by atoms with Crippen LogP contribution in [0, 0.1) is 19.8 Å². The van der Waals surface area contributed by atoms with Crippen LogP contribution in [-0.2, 0) is 20.8 Å². The van der Waals surface area contributed by atoms with Crippen molar-refractivity contribution < 1.29 is 28.6 Å². The molecule has 0 bridgehead atoms. The van der Waals surface area contributed by atoms with Gasteiger partial charge in [-0.15, -0.1) is 0 Å². The molecule has 9 nitrogen and oxygen atoms in total. The second-order valence-electron chi connectivity index (χ2n) is 7.56. The number of carbonyl (C=O) groups excluding carboxylic acids is 2. The van der Waals surface area contributed by atoms with E-state index in [1.54, 1.807) is 26.0 Å². The van der Waals surface area contributed by atoms with Crippen LogP contribution in [0.5, 0.6) is 5.75 Å². The number of carboxylic acids is 1. The highest BCUT2D eigenvalue weighted by Crippen LogP contribution is 2.30. The van der Waals surface area contributed by atoms with E-state index in [4.69, 9.17) is 9.15 Å². The van der Waals surface area contributed by atoms with Gasteiger partial charge in [0.1, 0.15) is 17.4 Å². The van der Waals surface area contributed by atoms with E-state index < -0.39 is 36.0 Å². The molecule has 0 saturated heterocycles. The molecule has 9 heteroatoms. The monoisotopic (exact) mass is 432 g/mol. The molecule has 1 aromatic heterocycles. The van der Waals surface area contributed by atoms with Gasteiger partial charge in [-0.1, -0.05) is 20.3 Å². The van der Waals surface area contributed by atoms with E-state index in [-0.39, 0.29) is 17.9 Å². The minimum Gasteiger partial charge on any atom is -0.496 e. The summed E-state index contributed by atoms with van der Waals surface area (Å²) in [6.45, 7) is 6.69. The third kappa shape index (κ3) is 5.62. The summed E-state index contributed by atoms with van der Waals surface area (Å²) in [5.41, 5.74) is 1.31. The third-order valence-corrected chi connectivity index (χ3v) is 5.29. The Kier molecular flexibility index (Phi) is 7.79. The van der Waals surface area contributed by atoms with E-state index in [1.807, 2.05) is 13.8 Å². The van der Waals surface area contributed by atoms with Crippen molar-refractivity contribution in [1.29, 1.82) is 0 Å². The maximum Gasteiger partial charge on any atom is 0.340 e. The van der Waals surface area contributed by atoms with Crippen LogP contribution in [0.15, 0.2) is 21.3 Å². The summed E-state index contributed by atoms with van der Waals surface area (Å²) in [6, 6.07) is 2.48. The highest BCUT2D eigenvalue weighted by Gasteiger charge is 2.25. The Labute approximate surface area is 179 Å². The lowest BCUT2D eigenvalue weighted by atomic mass is 9.99. The summed E-state index contributed by atoms with van der Waals surface area (Å²) in [5, 5.41) is 14.7. The highest BCUT2D eigenvalue weighted by atomic mass is 16.5. The van der Waals surface area contributed by atoms with E-state index in [1.165, 1.54) is 7.11 Å². The molecule has 2 aromatic rings. The zero-order valence-corrected chi connectivity index (χ0v) is 18.3. The third-order valence-electron chi connectivity index (χ3n) is 5.29. The van der Waals surface area contributed by atoms with Gasteiger partial charge in [0.05, 0.1) is 31.0 Å². The number of carboxylic acid groups (broad SMARTS) is 1. The summed E-state index contributed by atoms with van der Waals surface area (Å²) in [6.07, 6.45) is 0.283. The van der Waals surface area contributed by atoms with Gasteiger partial charge in [-0.3, -0.25) is 9.59 Å². The van der Waals surface area contributed by atoms with Crippen molar-refractivity contribution in [2.24, 2.45) is 5.92 Å². The van der Waals surface area contributed by atoms with Crippen molar-refractivity contribution >= 4 is 28.8 Å². The summed E-state index contributed by atoms with van der Waals surface area (Å²) < 4.78 is 10.8. The molecule has 0 radical (unpaired) electrons. The van der Waals surface area contributed by atoms with Gasteiger partial charge in [0.25, 0.3) is 0 Å². The molecule has 0 aliphatic carbocycles. The van der Waals surface area contributed by atoms with Crippen LogP contribution in [0.2, 0.25) is 0 Å². The van der Waals surface area contributed by atoms with E-state index >= 15 is 0 Å². The number of amides is 2. The van der Waals surface area contributed by atoms with Gasteiger partial charge in [0.2, 0.25) is 11.8 Å². The molecule has 1 aromatic carbocycles. The van der Waals surface area contributed by atoms with Gasteiger partial charge in [-0.05, 0) is 43.0 Å². The van der Waals surface area contributed by atoms with Gasteiger partial charge in [0.15, 0.2) is 0 Å². The first-order chi connectivity index (χ1) is 14.6. The normalized spacial score (nSPS) is 12.8. The molecule has 0 saturated carbocycles. The zero-order chi connectivity index (χ0) is 23.3. The van der Waals surface area contributed by atoms with Crippen LogP contribution in [0.3, 0.4) is 0 Å². The highest BCUT2D eigenvalue weighted by molar-refractivity contribution is 5.91. The fraction of sp³-hybridized carbons (Fsp3) is 0.455. The van der Waals surface area contributed by atoms with Crippen LogP contribution in [-0.4, -0.2) is 42.6 Å². The molecule has 3 N–H and O–H groups in total. The number of ether oxygens (including phenoxy) is 1. The van der Waals surface area contributed by atoms with Crippen molar-refractivity contribution in [3.8, 4) is 5.75 Å². The Balaban J connectivity index is 2.14. The summed E-state index contributed by atoms with van der Waals surface area (Å²) >= 11 is 0. The lowest BCUT2D eigenvalue weighted by Gasteiger charge is -2.20. The lowest BCUT2D eigenvalue weighted by molar-refractivity contribution is -0.143. The lowest BCUT2D eigenvalue weighted by Crippen LogP contribution is -2.48. The Morgan fingerprint density at radius 2 is 1.87 bits per heavy atom. The maximum absolute atomic E-state index is 12.4. The van der Waals surface area contributed by atoms with Crippen LogP contribution in [0.25, 0.3) is 11.0 Å². The molecule has 0 aliphatic heterocycles. The molecule has 31 heavy (non-hydrogen) atoms. The number of hydrogen-bond donors (Lipinski definition) is 3. The number of carbonyl (C=O) groups is 3. The van der Waals surface area contributed by atoms with Crippen molar-refractivity contribution in [2.75, 3.05) is 13.7 Å². The van der Waals surface area contributed by atoms with E-state index in [0.29, 0.717) is 28.7 Å². The Morgan fingerprint density at radius 3 is 2.45 bits per heavy atom. The van der Waals surface area contributed by atoms with Crippen LogP contribution < -0.4 is 21.0 Å². The molecule has 0 fully saturated rings. The predicted octanol–water partition coefficient (Wildman–Crippen LogP) is 1.69. The largest absolute Gasteiger partial charge is 0.496 e. The molecule has 168 valence electrons. The number of aliphatic carboxylic acids is 1. The number of fused-ring (bicyclic) bond motifs is 1. The second-order valence-corrected chi connectivity index (χ2v) is 7.56. The summed E-state index contributed by atoms with van der Waals surface area (Å²) in [5.74, 6) is -2.06. The zero-order valence-electron chi connectivity index (χ0n) is 18.3. The number of hydrogen-bond acceptors (Lipinski definition) is 6. The SMILES string of the molecule is CC[C@@H](C)[C@H](NC(=O)CNC(=O)Cc1c(C)c2c(OC)cc(C)cc2oc1=O)C(=O)O. The fourth-order valence-electron chi connectivity index (χ4n) is 3.31. The molecule has 1 heterocycles. The van der Waals surface area contributed by atoms with E-state index in [2.05, 4.69) is 10.6 Å². The van der Waals surface area contributed by atoms with Gasteiger partial charge >= 0.3 is 11.6 Å². The molecule has 2 atom stereocenters.